The van der Waals surface area contributed by atoms with Crippen molar-refractivity contribution in [3.05, 3.63) is 0 Å². The molecular weight excluding hydrogens is 212 g/mol. The molecule has 0 spiro atoms. The van der Waals surface area contributed by atoms with E-state index in [2.05, 4.69) is 5.32 Å². The summed E-state index contributed by atoms with van der Waals surface area (Å²) < 4.78 is 0. The van der Waals surface area contributed by atoms with Gasteiger partial charge in [-0.3, -0.25) is 9.59 Å². The molecule has 0 aromatic rings. The van der Waals surface area contributed by atoms with Crippen molar-refractivity contribution in [2.24, 2.45) is 5.73 Å². The number of hydrogen-bond donors (Lipinski definition) is 4. The molecule has 0 aromatic heterocycles. The summed E-state index contributed by atoms with van der Waals surface area (Å²) in [6.07, 6.45) is 1.20. The maximum absolute atomic E-state index is 11.1. The number of rotatable bonds is 8. The first-order valence-electron chi connectivity index (χ1n) is 5.36. The quantitative estimate of drug-likeness (QED) is 0.420. The van der Waals surface area contributed by atoms with Crippen molar-refractivity contribution in [3.8, 4) is 0 Å². The van der Waals surface area contributed by atoms with Gasteiger partial charge < -0.3 is 21.3 Å². The summed E-state index contributed by atoms with van der Waals surface area (Å²) in [5, 5.41) is 20.0. The van der Waals surface area contributed by atoms with Crippen LogP contribution in [0.2, 0.25) is 0 Å². The van der Waals surface area contributed by atoms with Gasteiger partial charge in [0.25, 0.3) is 0 Å². The monoisotopic (exact) mass is 232 g/mol. The molecule has 0 aliphatic heterocycles. The minimum absolute atomic E-state index is 0.0919. The zero-order chi connectivity index (χ0) is 12.6. The zero-order valence-corrected chi connectivity index (χ0v) is 9.48. The SMILES string of the molecule is CC(O)CC(=O)NCCCCC(N)C(=O)O. The lowest BCUT2D eigenvalue weighted by molar-refractivity contribution is -0.138. The molecule has 0 radical (unpaired) electrons. The fraction of sp³-hybridized carbons (Fsp3) is 0.800. The first-order valence-corrected chi connectivity index (χ1v) is 5.36. The van der Waals surface area contributed by atoms with E-state index in [-0.39, 0.29) is 12.3 Å². The van der Waals surface area contributed by atoms with Crippen molar-refractivity contribution in [1.29, 1.82) is 0 Å². The number of hydrogen-bond acceptors (Lipinski definition) is 4. The highest BCUT2D eigenvalue weighted by Crippen LogP contribution is 1.98. The number of unbranched alkanes of at least 4 members (excludes halogenated alkanes) is 1. The van der Waals surface area contributed by atoms with Gasteiger partial charge in [-0.25, -0.2) is 0 Å². The smallest absolute Gasteiger partial charge is 0.320 e. The summed E-state index contributed by atoms with van der Waals surface area (Å²) in [4.78, 5) is 21.4. The molecule has 0 fully saturated rings. The number of aliphatic hydroxyl groups excluding tert-OH is 1. The predicted molar refractivity (Wildman–Crippen MR) is 58.8 cm³/mol. The molecule has 1 amide bonds. The molecule has 94 valence electrons. The maximum atomic E-state index is 11.1. The average Bonchev–Trinajstić information content (AvgIpc) is 2.15. The zero-order valence-electron chi connectivity index (χ0n) is 9.48. The molecule has 0 aliphatic rings. The summed E-state index contributed by atoms with van der Waals surface area (Å²) in [6.45, 7) is 2.03. The molecule has 0 rings (SSSR count). The van der Waals surface area contributed by atoms with Crippen LogP contribution in [0.4, 0.5) is 0 Å². The highest BCUT2D eigenvalue weighted by Gasteiger charge is 2.10. The molecule has 0 aromatic carbocycles. The van der Waals surface area contributed by atoms with Gasteiger partial charge in [-0.15, -0.1) is 0 Å². The third-order valence-corrected chi connectivity index (χ3v) is 2.06. The molecule has 0 saturated heterocycles. The molecule has 5 N–H and O–H groups in total. The fourth-order valence-electron chi connectivity index (χ4n) is 1.18. The normalized spacial score (nSPS) is 14.2. The molecule has 0 saturated carbocycles. The molecule has 0 bridgehead atoms. The summed E-state index contributed by atoms with van der Waals surface area (Å²) >= 11 is 0. The molecule has 0 aliphatic carbocycles. The Bertz CT molecular complexity index is 231. The van der Waals surface area contributed by atoms with Crippen LogP contribution in [0.1, 0.15) is 32.6 Å². The number of nitrogens with two attached hydrogens (primary N) is 1. The van der Waals surface area contributed by atoms with Gasteiger partial charge in [-0.2, -0.15) is 0 Å². The molecule has 6 heteroatoms. The minimum atomic E-state index is -1.00. The first-order chi connectivity index (χ1) is 7.43. The lowest BCUT2D eigenvalue weighted by Gasteiger charge is -2.08. The van der Waals surface area contributed by atoms with Gasteiger partial charge in [-0.1, -0.05) is 0 Å². The van der Waals surface area contributed by atoms with E-state index in [1.165, 1.54) is 0 Å². The van der Waals surface area contributed by atoms with Crippen molar-refractivity contribution >= 4 is 11.9 Å². The maximum Gasteiger partial charge on any atom is 0.320 e. The Morgan fingerprint density at radius 2 is 2.00 bits per heavy atom. The van der Waals surface area contributed by atoms with Crippen LogP contribution >= 0.6 is 0 Å². The number of aliphatic hydroxyl groups is 1. The molecule has 16 heavy (non-hydrogen) atoms. The highest BCUT2D eigenvalue weighted by atomic mass is 16.4. The first kappa shape index (κ1) is 14.9. The predicted octanol–water partition coefficient (Wildman–Crippen LogP) is -0.544. The van der Waals surface area contributed by atoms with Crippen LogP contribution in [0.15, 0.2) is 0 Å². The Balaban J connectivity index is 3.40. The third kappa shape index (κ3) is 8.19. The van der Waals surface area contributed by atoms with E-state index in [1.807, 2.05) is 0 Å². The number of nitrogens with one attached hydrogen (secondary N) is 1. The Hall–Kier alpha value is -1.14. The van der Waals surface area contributed by atoms with Crippen LogP contribution in [0.5, 0.6) is 0 Å². The van der Waals surface area contributed by atoms with Gasteiger partial charge >= 0.3 is 5.97 Å². The Morgan fingerprint density at radius 3 is 2.50 bits per heavy atom. The summed E-state index contributed by atoms with van der Waals surface area (Å²) in [7, 11) is 0. The lowest BCUT2D eigenvalue weighted by Crippen LogP contribution is -2.30. The second kappa shape index (κ2) is 8.06. The van der Waals surface area contributed by atoms with Gasteiger partial charge in [0.2, 0.25) is 5.91 Å². The van der Waals surface area contributed by atoms with Gasteiger partial charge in [0, 0.05) is 6.54 Å². The highest BCUT2D eigenvalue weighted by molar-refractivity contribution is 5.76. The van der Waals surface area contributed by atoms with E-state index in [1.54, 1.807) is 6.92 Å². The van der Waals surface area contributed by atoms with Crippen LogP contribution < -0.4 is 11.1 Å². The summed E-state index contributed by atoms with van der Waals surface area (Å²) in [5.41, 5.74) is 5.30. The van der Waals surface area contributed by atoms with Gasteiger partial charge in [-0.05, 0) is 26.2 Å². The molecular formula is C10H20N2O4. The van der Waals surface area contributed by atoms with Crippen LogP contribution in [0.3, 0.4) is 0 Å². The van der Waals surface area contributed by atoms with Crippen molar-refractivity contribution < 1.29 is 19.8 Å². The van der Waals surface area contributed by atoms with Crippen LogP contribution in [-0.2, 0) is 9.59 Å². The van der Waals surface area contributed by atoms with Gasteiger partial charge in [0.1, 0.15) is 6.04 Å². The standard InChI is InChI=1S/C10H20N2O4/c1-7(13)6-9(14)12-5-3-2-4-8(11)10(15)16/h7-8,13H,2-6,11H2,1H3,(H,12,14)(H,15,16). The number of aliphatic carboxylic acids is 1. The topological polar surface area (TPSA) is 113 Å². The van der Waals surface area contributed by atoms with Gasteiger partial charge in [0.05, 0.1) is 12.5 Å². The molecule has 2 atom stereocenters. The Morgan fingerprint density at radius 1 is 1.38 bits per heavy atom. The van der Waals surface area contributed by atoms with Crippen molar-refractivity contribution in [1.82, 2.24) is 5.32 Å². The summed E-state index contributed by atoms with van der Waals surface area (Å²) in [5.74, 6) is -1.20. The largest absolute Gasteiger partial charge is 0.480 e. The van der Waals surface area contributed by atoms with Crippen molar-refractivity contribution in [3.63, 3.8) is 0 Å². The van der Waals surface area contributed by atoms with Crippen molar-refractivity contribution in [2.75, 3.05) is 6.54 Å². The second-order valence-corrected chi connectivity index (χ2v) is 3.84. The Kier molecular flexibility index (Phi) is 7.49. The lowest BCUT2D eigenvalue weighted by atomic mass is 10.1. The van der Waals surface area contributed by atoms with Crippen LogP contribution in [-0.4, -0.2) is 40.8 Å². The van der Waals surface area contributed by atoms with Crippen LogP contribution in [0, 0.1) is 0 Å². The van der Waals surface area contributed by atoms with E-state index in [0.29, 0.717) is 25.8 Å². The van der Waals surface area contributed by atoms with E-state index < -0.39 is 18.1 Å². The average molecular weight is 232 g/mol. The van der Waals surface area contributed by atoms with E-state index >= 15 is 0 Å². The summed E-state index contributed by atoms with van der Waals surface area (Å²) in [6, 6.07) is -0.826. The van der Waals surface area contributed by atoms with Gasteiger partial charge in [0.15, 0.2) is 0 Å². The van der Waals surface area contributed by atoms with E-state index in [9.17, 15) is 9.59 Å². The van der Waals surface area contributed by atoms with E-state index in [4.69, 9.17) is 15.9 Å². The van der Waals surface area contributed by atoms with Crippen molar-refractivity contribution in [2.45, 2.75) is 44.8 Å². The number of carbonyl (C=O) groups is 2. The second-order valence-electron chi connectivity index (χ2n) is 3.84. The number of carbonyl (C=O) groups excluding carboxylic acids is 1. The Labute approximate surface area is 94.8 Å². The minimum Gasteiger partial charge on any atom is -0.480 e. The molecule has 0 heterocycles. The number of carboxylic acids is 1. The van der Waals surface area contributed by atoms with E-state index in [0.717, 1.165) is 0 Å². The van der Waals surface area contributed by atoms with Crippen LogP contribution in [0.25, 0.3) is 0 Å². The molecule has 6 nitrogen and oxygen atoms in total. The number of amides is 1. The third-order valence-electron chi connectivity index (χ3n) is 2.06. The number of carboxylic acid groups (broad SMARTS) is 1. The molecule has 2 unspecified atom stereocenters. The fourth-order valence-corrected chi connectivity index (χ4v) is 1.18.